The number of ketones is 1. The number of β-amino-alcohol motifs (C(OH)–C–C–N with tert-alkyl or cyclic N) is 1. The van der Waals surface area contributed by atoms with E-state index in [1.807, 2.05) is 11.8 Å². The van der Waals surface area contributed by atoms with Crippen LogP contribution in [0.25, 0.3) is 0 Å². The van der Waals surface area contributed by atoms with E-state index in [4.69, 9.17) is 4.74 Å². The average Bonchev–Trinajstić information content (AvgIpc) is 2.83. The Bertz CT molecular complexity index is 1080. The number of aliphatic hydroxyl groups excluding tert-OH is 1. The number of benzene rings is 2. The van der Waals surface area contributed by atoms with Gasteiger partial charge in [0.2, 0.25) is 15.9 Å². The summed E-state index contributed by atoms with van der Waals surface area (Å²) in [4.78, 5) is 25.0. The highest BCUT2D eigenvalue weighted by molar-refractivity contribution is 7.89. The van der Waals surface area contributed by atoms with Gasteiger partial charge in [-0.1, -0.05) is 6.92 Å². The molecule has 1 aliphatic rings. The summed E-state index contributed by atoms with van der Waals surface area (Å²) < 4.78 is 32.9. The van der Waals surface area contributed by atoms with Crippen molar-refractivity contribution < 1.29 is 27.9 Å². The quantitative estimate of drug-likeness (QED) is 0.490. The first-order valence-corrected chi connectivity index (χ1v) is 12.7. The summed E-state index contributed by atoms with van der Waals surface area (Å²) in [6.45, 7) is 5.28. The van der Waals surface area contributed by atoms with Crippen LogP contribution in [-0.2, 0) is 14.8 Å². The summed E-state index contributed by atoms with van der Waals surface area (Å²) in [5.41, 5.74) is 1.17. The first kappa shape index (κ1) is 25.8. The highest BCUT2D eigenvalue weighted by Crippen LogP contribution is 2.20. The van der Waals surface area contributed by atoms with E-state index in [0.717, 1.165) is 0 Å². The fourth-order valence-corrected chi connectivity index (χ4v) is 5.12. The molecule has 3 rings (SSSR count). The van der Waals surface area contributed by atoms with E-state index >= 15 is 0 Å². The molecule has 0 aromatic heterocycles. The number of piperazine rings is 1. The van der Waals surface area contributed by atoms with Gasteiger partial charge in [0.25, 0.3) is 0 Å². The number of Topliss-reactive ketones (excluding diaryl/α,β-unsaturated/α-hetero) is 1. The maximum absolute atomic E-state index is 12.9. The number of nitrogens with zero attached hydrogens (tertiary/aromatic N) is 2. The molecule has 2 N–H and O–H groups in total. The van der Waals surface area contributed by atoms with Crippen LogP contribution in [0.2, 0.25) is 0 Å². The lowest BCUT2D eigenvalue weighted by molar-refractivity contribution is -0.114. The molecule has 1 amide bonds. The molecule has 0 bridgehead atoms. The number of anilines is 1. The molecular formula is C24H31N3O6S. The van der Waals surface area contributed by atoms with Crippen molar-refractivity contribution in [3.05, 3.63) is 54.1 Å². The first-order chi connectivity index (χ1) is 16.2. The summed E-state index contributed by atoms with van der Waals surface area (Å²) in [5, 5.41) is 13.0. The smallest absolute Gasteiger partial charge is 0.243 e. The van der Waals surface area contributed by atoms with Crippen molar-refractivity contribution in [2.75, 3.05) is 44.6 Å². The molecule has 0 radical (unpaired) electrons. The number of aliphatic hydroxyl groups is 1. The number of amides is 1. The minimum atomic E-state index is -3.63. The number of hydrogen-bond donors (Lipinski definition) is 2. The van der Waals surface area contributed by atoms with Crippen LogP contribution in [0.4, 0.5) is 5.69 Å². The van der Waals surface area contributed by atoms with Crippen molar-refractivity contribution in [1.82, 2.24) is 9.21 Å². The van der Waals surface area contributed by atoms with Crippen molar-refractivity contribution >= 4 is 27.4 Å². The second kappa shape index (κ2) is 11.6. The van der Waals surface area contributed by atoms with Crippen molar-refractivity contribution in [3.8, 4) is 5.75 Å². The molecule has 184 valence electrons. The number of ether oxygens (including phenoxy) is 1. The molecule has 2 aromatic rings. The molecule has 1 heterocycles. The highest BCUT2D eigenvalue weighted by Gasteiger charge is 2.29. The van der Waals surface area contributed by atoms with E-state index in [1.54, 1.807) is 36.4 Å². The van der Waals surface area contributed by atoms with Gasteiger partial charge in [-0.25, -0.2) is 8.42 Å². The molecule has 0 spiro atoms. The Morgan fingerprint density at radius 2 is 1.65 bits per heavy atom. The van der Waals surface area contributed by atoms with Crippen LogP contribution >= 0.6 is 0 Å². The van der Waals surface area contributed by atoms with Gasteiger partial charge in [-0.2, -0.15) is 4.31 Å². The number of rotatable bonds is 10. The predicted octanol–water partition coefficient (Wildman–Crippen LogP) is 1.98. The normalized spacial score (nSPS) is 16.1. The van der Waals surface area contributed by atoms with Crippen molar-refractivity contribution in [2.24, 2.45) is 0 Å². The zero-order valence-corrected chi connectivity index (χ0v) is 20.3. The molecule has 0 aliphatic carbocycles. The van der Waals surface area contributed by atoms with Crippen molar-refractivity contribution in [1.29, 1.82) is 0 Å². The molecule has 1 saturated heterocycles. The summed E-state index contributed by atoms with van der Waals surface area (Å²) >= 11 is 0. The van der Waals surface area contributed by atoms with E-state index in [0.29, 0.717) is 56.1 Å². The lowest BCUT2D eigenvalue weighted by atomic mass is 10.1. The van der Waals surface area contributed by atoms with E-state index < -0.39 is 16.1 Å². The highest BCUT2D eigenvalue weighted by atomic mass is 32.2. The van der Waals surface area contributed by atoms with E-state index in [9.17, 15) is 23.1 Å². The van der Waals surface area contributed by atoms with Crippen LogP contribution in [0, 0.1) is 0 Å². The minimum absolute atomic E-state index is 0.0646. The molecule has 0 saturated carbocycles. The molecule has 2 aromatic carbocycles. The molecule has 1 fully saturated rings. The molecular weight excluding hydrogens is 458 g/mol. The third-order valence-corrected chi connectivity index (χ3v) is 7.47. The van der Waals surface area contributed by atoms with Crippen molar-refractivity contribution in [2.45, 2.75) is 31.3 Å². The van der Waals surface area contributed by atoms with Crippen LogP contribution in [-0.4, -0.2) is 79.9 Å². The molecule has 1 atom stereocenters. The summed E-state index contributed by atoms with van der Waals surface area (Å²) in [6, 6.07) is 12.9. The van der Waals surface area contributed by atoms with Gasteiger partial charge in [0, 0.05) is 57.3 Å². The third-order valence-electron chi connectivity index (χ3n) is 5.55. The molecule has 10 heteroatoms. The third kappa shape index (κ3) is 6.86. The molecule has 34 heavy (non-hydrogen) atoms. The Balaban J connectivity index is 1.45. The van der Waals surface area contributed by atoms with Gasteiger partial charge in [0.1, 0.15) is 18.5 Å². The topological polar surface area (TPSA) is 116 Å². The average molecular weight is 490 g/mol. The summed E-state index contributed by atoms with van der Waals surface area (Å²) in [6.07, 6.45) is -0.292. The fourth-order valence-electron chi connectivity index (χ4n) is 3.70. The lowest BCUT2D eigenvalue weighted by Gasteiger charge is -2.34. The van der Waals surface area contributed by atoms with Gasteiger partial charge in [-0.3, -0.25) is 14.5 Å². The number of carbonyl (C=O) groups excluding carboxylic acids is 2. The molecule has 0 unspecified atom stereocenters. The Morgan fingerprint density at radius 1 is 1.03 bits per heavy atom. The number of carbonyl (C=O) groups is 2. The van der Waals surface area contributed by atoms with Gasteiger partial charge in [-0.15, -0.1) is 0 Å². The maximum atomic E-state index is 12.9. The van der Waals surface area contributed by atoms with Crippen LogP contribution < -0.4 is 10.1 Å². The van der Waals surface area contributed by atoms with Crippen LogP contribution in [0.15, 0.2) is 53.4 Å². The van der Waals surface area contributed by atoms with Crippen LogP contribution in [0.5, 0.6) is 5.75 Å². The van der Waals surface area contributed by atoms with E-state index in [2.05, 4.69) is 5.32 Å². The first-order valence-electron chi connectivity index (χ1n) is 11.2. The van der Waals surface area contributed by atoms with Crippen molar-refractivity contribution in [3.63, 3.8) is 0 Å². The minimum Gasteiger partial charge on any atom is -0.491 e. The second-order valence-corrected chi connectivity index (χ2v) is 10.1. The van der Waals surface area contributed by atoms with Gasteiger partial charge in [0.15, 0.2) is 5.78 Å². The van der Waals surface area contributed by atoms with Gasteiger partial charge in [-0.05, 0) is 48.5 Å². The second-order valence-electron chi connectivity index (χ2n) is 8.18. The van der Waals surface area contributed by atoms with E-state index in [1.165, 1.54) is 23.4 Å². The monoisotopic (exact) mass is 489 g/mol. The zero-order valence-electron chi connectivity index (χ0n) is 19.4. The number of hydrogen-bond acceptors (Lipinski definition) is 7. The summed E-state index contributed by atoms with van der Waals surface area (Å²) in [7, 11) is -3.63. The van der Waals surface area contributed by atoms with Gasteiger partial charge >= 0.3 is 0 Å². The van der Waals surface area contributed by atoms with Crippen LogP contribution in [0.3, 0.4) is 0 Å². The van der Waals surface area contributed by atoms with Gasteiger partial charge < -0.3 is 15.2 Å². The Hall–Kier alpha value is -2.79. The standard InChI is InChI=1S/C24H31N3O6S/c1-3-24(30)19-4-8-22(9-5-19)33-17-21(29)16-26-12-14-27(15-13-26)34(31,32)23-10-6-20(7-11-23)25-18(2)28/h4-11,21,29H,3,12-17H2,1-2H3,(H,25,28)/t21-/m1/s1. The predicted molar refractivity (Wildman–Crippen MR) is 129 cm³/mol. The Morgan fingerprint density at radius 3 is 2.21 bits per heavy atom. The zero-order chi connectivity index (χ0) is 24.7. The number of nitrogens with one attached hydrogen (secondary N) is 1. The molecule has 9 nitrogen and oxygen atoms in total. The van der Waals surface area contributed by atoms with Crippen LogP contribution in [0.1, 0.15) is 30.6 Å². The van der Waals surface area contributed by atoms with Gasteiger partial charge in [0.05, 0.1) is 4.90 Å². The number of sulfonamides is 1. The maximum Gasteiger partial charge on any atom is 0.243 e. The van der Waals surface area contributed by atoms with E-state index in [-0.39, 0.29) is 23.2 Å². The Kier molecular flexibility index (Phi) is 8.78. The SMILES string of the molecule is CCC(=O)c1ccc(OC[C@H](O)CN2CCN(S(=O)(=O)c3ccc(NC(C)=O)cc3)CC2)cc1. The lowest BCUT2D eigenvalue weighted by Crippen LogP contribution is -2.50. The largest absolute Gasteiger partial charge is 0.491 e. The Labute approximate surface area is 200 Å². The molecule has 1 aliphatic heterocycles. The fraction of sp³-hybridized carbons (Fsp3) is 0.417. The summed E-state index contributed by atoms with van der Waals surface area (Å²) in [5.74, 6) is 0.419.